The molecule has 3 unspecified atom stereocenters. The van der Waals surface area contributed by atoms with Gasteiger partial charge in [-0.3, -0.25) is 9.10 Å². The lowest BCUT2D eigenvalue weighted by Crippen LogP contribution is -2.48. The van der Waals surface area contributed by atoms with Crippen LogP contribution in [0.4, 0.5) is 5.69 Å². The van der Waals surface area contributed by atoms with Crippen molar-refractivity contribution < 1.29 is 18.3 Å². The Bertz CT molecular complexity index is 1050. The number of fused-ring (bicyclic) bond motifs is 1. The van der Waals surface area contributed by atoms with Crippen LogP contribution in [0.15, 0.2) is 53.4 Å². The molecule has 2 aromatic rings. The zero-order valence-electron chi connectivity index (χ0n) is 14.9. The number of carbonyl (C=O) groups excluding carboxylic acids is 1. The fourth-order valence-corrected chi connectivity index (χ4v) is 6.79. The van der Waals surface area contributed by atoms with E-state index in [9.17, 15) is 18.3 Å². The van der Waals surface area contributed by atoms with Gasteiger partial charge < -0.3 is 10.0 Å². The van der Waals surface area contributed by atoms with Gasteiger partial charge in [0.1, 0.15) is 6.10 Å². The predicted octanol–water partition coefficient (Wildman–Crippen LogP) is 1.76. The second-order valence-corrected chi connectivity index (χ2v) is 9.38. The van der Waals surface area contributed by atoms with E-state index in [1.54, 1.807) is 35.2 Å². The molecular weight excluding hydrogens is 364 g/mol. The van der Waals surface area contributed by atoms with Crippen molar-refractivity contribution in [2.24, 2.45) is 0 Å². The highest BCUT2D eigenvalue weighted by Crippen LogP contribution is 2.58. The second-order valence-electron chi connectivity index (χ2n) is 7.57. The SMILES string of the molecule is Cc1ccc(S(=O)(=O)N2c3ccccc3C34CC(O)C(=O)N3CCC24)cc1. The molecule has 3 aliphatic rings. The van der Waals surface area contributed by atoms with E-state index in [1.807, 2.05) is 25.1 Å². The molecule has 1 amide bonds. The number of hydrogen-bond acceptors (Lipinski definition) is 4. The van der Waals surface area contributed by atoms with Crippen LogP contribution in [-0.2, 0) is 20.4 Å². The lowest BCUT2D eigenvalue weighted by atomic mass is 9.84. The van der Waals surface area contributed by atoms with Crippen molar-refractivity contribution in [1.29, 1.82) is 0 Å². The van der Waals surface area contributed by atoms with Crippen molar-refractivity contribution in [3.8, 4) is 0 Å². The van der Waals surface area contributed by atoms with Crippen LogP contribution in [0.1, 0.15) is 24.0 Å². The normalized spacial score (nSPS) is 29.0. The molecule has 7 heteroatoms. The number of rotatable bonds is 2. The Labute approximate surface area is 158 Å². The number of para-hydroxylation sites is 1. The lowest BCUT2D eigenvalue weighted by Gasteiger charge is -2.34. The Balaban J connectivity index is 1.72. The number of amides is 1. The Morgan fingerprint density at radius 2 is 1.81 bits per heavy atom. The summed E-state index contributed by atoms with van der Waals surface area (Å²) in [6.07, 6.45) is -0.297. The molecule has 0 bridgehead atoms. The number of carbonyl (C=O) groups is 1. The first kappa shape index (κ1) is 16.8. The van der Waals surface area contributed by atoms with Crippen molar-refractivity contribution in [2.75, 3.05) is 10.8 Å². The monoisotopic (exact) mass is 384 g/mol. The molecule has 140 valence electrons. The minimum Gasteiger partial charge on any atom is -0.383 e. The van der Waals surface area contributed by atoms with Crippen LogP contribution in [0.5, 0.6) is 0 Å². The first-order valence-electron chi connectivity index (χ1n) is 9.07. The molecule has 2 aromatic carbocycles. The zero-order valence-corrected chi connectivity index (χ0v) is 15.7. The van der Waals surface area contributed by atoms with Gasteiger partial charge in [0.05, 0.1) is 22.2 Å². The van der Waals surface area contributed by atoms with E-state index in [0.29, 0.717) is 18.7 Å². The van der Waals surface area contributed by atoms with E-state index in [4.69, 9.17) is 0 Å². The summed E-state index contributed by atoms with van der Waals surface area (Å²) in [5, 5.41) is 10.2. The molecule has 3 atom stereocenters. The van der Waals surface area contributed by atoms with E-state index in [0.717, 1.165) is 11.1 Å². The molecule has 0 radical (unpaired) electrons. The Morgan fingerprint density at radius 3 is 2.56 bits per heavy atom. The average molecular weight is 384 g/mol. The highest BCUT2D eigenvalue weighted by molar-refractivity contribution is 7.92. The molecule has 2 saturated heterocycles. The van der Waals surface area contributed by atoms with Crippen LogP contribution in [0.2, 0.25) is 0 Å². The van der Waals surface area contributed by atoms with Gasteiger partial charge in [-0.15, -0.1) is 0 Å². The fraction of sp³-hybridized carbons (Fsp3) is 0.350. The lowest BCUT2D eigenvalue weighted by molar-refractivity contribution is -0.135. The minimum absolute atomic E-state index is 0.230. The summed E-state index contributed by atoms with van der Waals surface area (Å²) in [4.78, 5) is 14.4. The molecule has 0 aromatic heterocycles. The molecule has 5 rings (SSSR count). The highest BCUT2D eigenvalue weighted by atomic mass is 32.2. The van der Waals surface area contributed by atoms with Gasteiger partial charge in [-0.2, -0.15) is 0 Å². The summed E-state index contributed by atoms with van der Waals surface area (Å²) >= 11 is 0. The third kappa shape index (κ3) is 1.98. The van der Waals surface area contributed by atoms with E-state index in [2.05, 4.69) is 0 Å². The fourth-order valence-electron chi connectivity index (χ4n) is 5.05. The largest absolute Gasteiger partial charge is 0.383 e. The molecule has 0 saturated carbocycles. The second kappa shape index (κ2) is 5.33. The summed E-state index contributed by atoms with van der Waals surface area (Å²) < 4.78 is 28.6. The quantitative estimate of drug-likeness (QED) is 0.856. The van der Waals surface area contributed by atoms with Crippen LogP contribution in [-0.4, -0.2) is 43.0 Å². The Hall–Kier alpha value is -2.38. The summed E-state index contributed by atoms with van der Waals surface area (Å²) in [6, 6.07) is 13.8. The summed E-state index contributed by atoms with van der Waals surface area (Å²) in [5.74, 6) is -0.304. The third-order valence-corrected chi connectivity index (χ3v) is 8.02. The van der Waals surface area contributed by atoms with Gasteiger partial charge in [0.2, 0.25) is 0 Å². The van der Waals surface area contributed by atoms with Gasteiger partial charge in [0.25, 0.3) is 15.9 Å². The number of anilines is 1. The predicted molar refractivity (Wildman–Crippen MR) is 99.7 cm³/mol. The van der Waals surface area contributed by atoms with Crippen molar-refractivity contribution in [3.63, 3.8) is 0 Å². The van der Waals surface area contributed by atoms with E-state index in [-0.39, 0.29) is 17.2 Å². The minimum atomic E-state index is -3.79. The number of aliphatic hydroxyl groups excluding tert-OH is 1. The molecule has 3 aliphatic heterocycles. The van der Waals surface area contributed by atoms with Crippen LogP contribution in [0.25, 0.3) is 0 Å². The number of nitrogens with zero attached hydrogens (tertiary/aromatic N) is 2. The number of aryl methyl sites for hydroxylation is 1. The maximum Gasteiger partial charge on any atom is 0.264 e. The van der Waals surface area contributed by atoms with Gasteiger partial charge >= 0.3 is 0 Å². The number of sulfonamides is 1. The van der Waals surface area contributed by atoms with Gasteiger partial charge in [-0.05, 0) is 31.5 Å². The van der Waals surface area contributed by atoms with Crippen LogP contribution in [0.3, 0.4) is 0 Å². The summed E-state index contributed by atoms with van der Waals surface area (Å²) in [7, 11) is -3.79. The standard InChI is InChI=1S/C20H20N2O4S/c1-13-6-8-14(9-7-13)27(25,26)22-16-5-3-2-4-15(16)20-12-17(23)19(24)21(20)11-10-18(20)22/h2-9,17-18,23H,10-12H2,1H3. The number of hydrogen-bond donors (Lipinski definition) is 1. The molecule has 6 nitrogen and oxygen atoms in total. The zero-order chi connectivity index (χ0) is 19.0. The maximum absolute atomic E-state index is 13.6. The van der Waals surface area contributed by atoms with E-state index < -0.39 is 27.7 Å². The molecular formula is C20H20N2O4S. The van der Waals surface area contributed by atoms with Gasteiger partial charge in [-0.1, -0.05) is 35.9 Å². The number of benzene rings is 2. The van der Waals surface area contributed by atoms with Gasteiger partial charge in [0, 0.05) is 18.5 Å². The van der Waals surface area contributed by atoms with E-state index >= 15 is 0 Å². The Kier molecular flexibility index (Phi) is 3.31. The molecule has 2 fully saturated rings. The average Bonchev–Trinajstić information content (AvgIpc) is 3.21. The first-order chi connectivity index (χ1) is 12.9. The third-order valence-electron chi connectivity index (χ3n) is 6.18. The molecule has 1 spiro atoms. The van der Waals surface area contributed by atoms with Crippen LogP contribution in [0, 0.1) is 6.92 Å². The topological polar surface area (TPSA) is 77.9 Å². The Morgan fingerprint density at radius 1 is 1.11 bits per heavy atom. The summed E-state index contributed by atoms with van der Waals surface area (Å²) in [6.45, 7) is 2.37. The maximum atomic E-state index is 13.6. The van der Waals surface area contributed by atoms with Gasteiger partial charge in [-0.25, -0.2) is 8.42 Å². The van der Waals surface area contributed by atoms with Crippen molar-refractivity contribution in [3.05, 3.63) is 59.7 Å². The molecule has 1 N–H and O–H groups in total. The van der Waals surface area contributed by atoms with Crippen molar-refractivity contribution in [2.45, 2.75) is 42.3 Å². The molecule has 27 heavy (non-hydrogen) atoms. The summed E-state index contributed by atoms with van der Waals surface area (Å²) in [5.41, 5.74) is 1.64. The van der Waals surface area contributed by atoms with Gasteiger partial charge in [0.15, 0.2) is 0 Å². The van der Waals surface area contributed by atoms with E-state index in [1.165, 1.54) is 4.31 Å². The van der Waals surface area contributed by atoms with Crippen LogP contribution < -0.4 is 4.31 Å². The highest BCUT2D eigenvalue weighted by Gasteiger charge is 2.66. The smallest absolute Gasteiger partial charge is 0.264 e. The van der Waals surface area contributed by atoms with Crippen molar-refractivity contribution in [1.82, 2.24) is 4.90 Å². The van der Waals surface area contributed by atoms with Crippen LogP contribution >= 0.6 is 0 Å². The molecule has 3 heterocycles. The molecule has 0 aliphatic carbocycles. The van der Waals surface area contributed by atoms with Crippen molar-refractivity contribution >= 4 is 21.6 Å². The first-order valence-corrected chi connectivity index (χ1v) is 10.5. The number of aliphatic hydroxyl groups is 1.